The van der Waals surface area contributed by atoms with Crippen LogP contribution >= 0.6 is 15.9 Å². The number of hydrogen-bond acceptors (Lipinski definition) is 5. The first-order valence-corrected chi connectivity index (χ1v) is 11.8. The summed E-state index contributed by atoms with van der Waals surface area (Å²) >= 11 is 3.43. The van der Waals surface area contributed by atoms with Crippen molar-refractivity contribution in [2.45, 2.75) is 13.0 Å². The van der Waals surface area contributed by atoms with Crippen LogP contribution in [-0.4, -0.2) is 58.8 Å². The van der Waals surface area contributed by atoms with Gasteiger partial charge < -0.3 is 24.3 Å². The van der Waals surface area contributed by atoms with E-state index in [1.165, 1.54) is 0 Å². The molecule has 2 aromatic carbocycles. The standard InChI is InChI=1S/C26H24BrN3O4/c1-14-21(17-6-4-5-7-18(17)28-14)23-22(25(32)26(33)30(23)11-10-29(2)3)24(31)20-13-15-12-16(27)8-9-19(15)34-20/h4-9,12-13,23,28,32H,10-11H2,1-3H3. The van der Waals surface area contributed by atoms with E-state index >= 15 is 0 Å². The van der Waals surface area contributed by atoms with Gasteiger partial charge >= 0.3 is 0 Å². The second-order valence-corrected chi connectivity index (χ2v) is 9.71. The average molecular weight is 522 g/mol. The largest absolute Gasteiger partial charge is 0.503 e. The number of fused-ring (bicyclic) bond motifs is 2. The number of hydrogen-bond donors (Lipinski definition) is 2. The number of halogens is 1. The highest BCUT2D eigenvalue weighted by Gasteiger charge is 2.45. The molecule has 1 amide bonds. The molecule has 1 unspecified atom stereocenters. The molecule has 0 fully saturated rings. The van der Waals surface area contributed by atoms with Gasteiger partial charge in [-0.1, -0.05) is 34.1 Å². The molecule has 0 bridgehead atoms. The molecule has 0 aliphatic carbocycles. The maximum atomic E-state index is 13.8. The number of H-pyrrole nitrogens is 1. The van der Waals surface area contributed by atoms with Gasteiger partial charge in [0.25, 0.3) is 5.91 Å². The summed E-state index contributed by atoms with van der Waals surface area (Å²) in [6.07, 6.45) is 0. The van der Waals surface area contributed by atoms with Crippen LogP contribution in [0.25, 0.3) is 21.9 Å². The van der Waals surface area contributed by atoms with E-state index in [4.69, 9.17) is 4.42 Å². The Hall–Kier alpha value is -3.36. The molecule has 0 spiro atoms. The van der Waals surface area contributed by atoms with Crippen LogP contribution in [0.5, 0.6) is 0 Å². The fourth-order valence-electron chi connectivity index (χ4n) is 4.63. The Kier molecular flexibility index (Phi) is 5.58. The molecule has 4 aromatic rings. The molecule has 1 aliphatic heterocycles. The van der Waals surface area contributed by atoms with Crippen LogP contribution in [0.1, 0.15) is 27.9 Å². The van der Waals surface area contributed by atoms with Crippen LogP contribution in [0.4, 0.5) is 0 Å². The molecule has 174 valence electrons. The molecule has 3 heterocycles. The molecule has 2 N–H and O–H groups in total. The number of aliphatic hydroxyl groups excluding tert-OH is 1. The number of rotatable bonds is 6. The van der Waals surface area contributed by atoms with E-state index in [0.29, 0.717) is 18.7 Å². The van der Waals surface area contributed by atoms with Gasteiger partial charge in [-0.25, -0.2) is 0 Å². The van der Waals surface area contributed by atoms with Crippen molar-refractivity contribution >= 4 is 49.5 Å². The minimum Gasteiger partial charge on any atom is -0.503 e. The number of ketones is 1. The first-order chi connectivity index (χ1) is 16.3. The van der Waals surface area contributed by atoms with Gasteiger partial charge in [0.2, 0.25) is 5.78 Å². The van der Waals surface area contributed by atoms with E-state index in [-0.39, 0.29) is 11.3 Å². The van der Waals surface area contributed by atoms with Crippen LogP contribution in [0.2, 0.25) is 0 Å². The summed E-state index contributed by atoms with van der Waals surface area (Å²) < 4.78 is 6.70. The Labute approximate surface area is 204 Å². The van der Waals surface area contributed by atoms with Crippen molar-refractivity contribution in [3.8, 4) is 0 Å². The van der Waals surface area contributed by atoms with Crippen molar-refractivity contribution in [1.82, 2.24) is 14.8 Å². The minimum atomic E-state index is -0.740. The summed E-state index contributed by atoms with van der Waals surface area (Å²) in [5.74, 6) is -1.50. The summed E-state index contributed by atoms with van der Waals surface area (Å²) in [5, 5.41) is 12.6. The predicted molar refractivity (Wildman–Crippen MR) is 134 cm³/mol. The second kappa shape index (κ2) is 8.45. The number of aromatic amines is 1. The number of benzene rings is 2. The maximum Gasteiger partial charge on any atom is 0.290 e. The molecule has 7 nitrogen and oxygen atoms in total. The molecule has 0 saturated carbocycles. The number of likely N-dealkylation sites (N-methyl/N-ethyl adjacent to an activating group) is 1. The van der Waals surface area contributed by atoms with Crippen molar-refractivity contribution in [3.63, 3.8) is 0 Å². The van der Waals surface area contributed by atoms with E-state index < -0.39 is 23.5 Å². The van der Waals surface area contributed by atoms with E-state index in [1.54, 1.807) is 17.0 Å². The highest BCUT2D eigenvalue weighted by Crippen LogP contribution is 2.43. The van der Waals surface area contributed by atoms with Gasteiger partial charge in [-0.2, -0.15) is 0 Å². The molecular weight excluding hydrogens is 498 g/mol. The molecule has 2 aromatic heterocycles. The van der Waals surface area contributed by atoms with Gasteiger partial charge in [0, 0.05) is 45.1 Å². The van der Waals surface area contributed by atoms with E-state index in [0.717, 1.165) is 32.0 Å². The minimum absolute atomic E-state index is 0.0368. The first-order valence-electron chi connectivity index (χ1n) is 11.0. The van der Waals surface area contributed by atoms with Gasteiger partial charge in [0.1, 0.15) is 5.58 Å². The number of carbonyl (C=O) groups is 2. The monoisotopic (exact) mass is 521 g/mol. The van der Waals surface area contributed by atoms with Crippen LogP contribution in [0, 0.1) is 6.92 Å². The van der Waals surface area contributed by atoms with Gasteiger partial charge in [-0.05, 0) is 51.4 Å². The van der Waals surface area contributed by atoms with E-state index in [9.17, 15) is 14.7 Å². The molecule has 5 rings (SSSR count). The summed E-state index contributed by atoms with van der Waals surface area (Å²) in [6, 6.07) is 14.1. The Balaban J connectivity index is 1.67. The topological polar surface area (TPSA) is 89.8 Å². The maximum absolute atomic E-state index is 13.8. The van der Waals surface area contributed by atoms with Crippen LogP contribution in [0.15, 0.2) is 68.8 Å². The summed E-state index contributed by atoms with van der Waals surface area (Å²) in [6.45, 7) is 2.85. The number of furan rings is 1. The average Bonchev–Trinajstić information content (AvgIpc) is 3.43. The molecule has 8 heteroatoms. The van der Waals surface area contributed by atoms with Crippen molar-refractivity contribution in [1.29, 1.82) is 0 Å². The van der Waals surface area contributed by atoms with Gasteiger partial charge in [0.15, 0.2) is 11.5 Å². The van der Waals surface area contributed by atoms with Crippen molar-refractivity contribution in [2.24, 2.45) is 0 Å². The normalized spacial score (nSPS) is 16.6. The van der Waals surface area contributed by atoms with Crippen LogP contribution in [0.3, 0.4) is 0 Å². The zero-order valence-electron chi connectivity index (χ0n) is 19.1. The first kappa shape index (κ1) is 22.4. The lowest BCUT2D eigenvalue weighted by Gasteiger charge is -2.28. The quantitative estimate of drug-likeness (QED) is 0.343. The Morgan fingerprint density at radius 2 is 1.97 bits per heavy atom. The van der Waals surface area contributed by atoms with Gasteiger partial charge in [0.05, 0.1) is 11.6 Å². The van der Waals surface area contributed by atoms with Crippen molar-refractivity contribution in [2.75, 3.05) is 27.2 Å². The van der Waals surface area contributed by atoms with Crippen molar-refractivity contribution in [3.05, 3.63) is 81.4 Å². The zero-order chi connectivity index (χ0) is 24.1. The van der Waals surface area contributed by atoms with Crippen molar-refractivity contribution < 1.29 is 19.1 Å². The third-order valence-corrected chi connectivity index (χ3v) is 6.75. The molecule has 1 atom stereocenters. The van der Waals surface area contributed by atoms with Crippen LogP contribution in [-0.2, 0) is 4.79 Å². The summed E-state index contributed by atoms with van der Waals surface area (Å²) in [4.78, 5) is 33.9. The van der Waals surface area contributed by atoms with E-state index in [1.807, 2.05) is 62.3 Å². The summed E-state index contributed by atoms with van der Waals surface area (Å²) in [5.41, 5.74) is 3.13. The summed E-state index contributed by atoms with van der Waals surface area (Å²) in [7, 11) is 3.83. The fourth-order valence-corrected chi connectivity index (χ4v) is 5.01. The number of nitrogens with zero attached hydrogens (tertiary/aromatic N) is 2. The molecular formula is C26H24BrN3O4. The molecule has 0 saturated heterocycles. The lowest BCUT2D eigenvalue weighted by molar-refractivity contribution is -0.129. The smallest absolute Gasteiger partial charge is 0.290 e. The van der Waals surface area contributed by atoms with Gasteiger partial charge in [-0.3, -0.25) is 9.59 Å². The molecule has 0 radical (unpaired) electrons. The fraction of sp³-hybridized carbons (Fsp3) is 0.231. The lowest BCUT2D eigenvalue weighted by Crippen LogP contribution is -2.36. The van der Waals surface area contributed by atoms with Crippen LogP contribution < -0.4 is 0 Å². The Morgan fingerprint density at radius 3 is 2.74 bits per heavy atom. The van der Waals surface area contributed by atoms with E-state index in [2.05, 4.69) is 20.9 Å². The second-order valence-electron chi connectivity index (χ2n) is 8.80. The van der Waals surface area contributed by atoms with Gasteiger partial charge in [-0.15, -0.1) is 0 Å². The Morgan fingerprint density at radius 1 is 1.21 bits per heavy atom. The third-order valence-electron chi connectivity index (χ3n) is 6.26. The number of carbonyl (C=O) groups excluding carboxylic acids is 2. The molecule has 34 heavy (non-hydrogen) atoms. The number of aliphatic hydroxyl groups is 1. The highest BCUT2D eigenvalue weighted by molar-refractivity contribution is 9.10. The number of para-hydroxylation sites is 1. The molecule has 1 aliphatic rings. The Bertz CT molecular complexity index is 1480. The number of aryl methyl sites for hydroxylation is 1. The zero-order valence-corrected chi connectivity index (χ0v) is 20.6. The predicted octanol–water partition coefficient (Wildman–Crippen LogP) is 5.12. The number of aromatic nitrogens is 1. The third kappa shape index (κ3) is 3.63. The number of amides is 1. The number of Topliss-reactive ketones (excluding diaryl/α,β-unsaturated/α-hetero) is 1. The SMILES string of the molecule is Cc1[nH]c2ccccc2c1C1C(C(=O)c2cc3cc(Br)ccc3o2)=C(O)C(=O)N1CCN(C)C. The lowest BCUT2D eigenvalue weighted by atomic mass is 9.93. The number of nitrogens with one attached hydrogen (secondary N) is 1. The highest BCUT2D eigenvalue weighted by atomic mass is 79.9.